The molecule has 2 bridgehead atoms. The van der Waals surface area contributed by atoms with Gasteiger partial charge in [-0.05, 0) is 134 Å². The van der Waals surface area contributed by atoms with Gasteiger partial charge in [0.2, 0.25) is 5.89 Å². The van der Waals surface area contributed by atoms with E-state index < -0.39 is 0 Å². The molecule has 6 fully saturated rings. The number of rotatable bonds is 7. The Morgan fingerprint density at radius 1 is 1.07 bits per heavy atom. The molecule has 2 spiro atoms. The van der Waals surface area contributed by atoms with E-state index in [1.54, 1.807) is 23.4 Å². The van der Waals surface area contributed by atoms with E-state index in [1.807, 2.05) is 18.6 Å². The van der Waals surface area contributed by atoms with Crippen molar-refractivity contribution in [2.45, 2.75) is 132 Å². The summed E-state index contributed by atoms with van der Waals surface area (Å²) in [7, 11) is 0. The van der Waals surface area contributed by atoms with Crippen molar-refractivity contribution in [1.29, 1.82) is 0 Å². The average molecular weight is 596 g/mol. The number of aromatic nitrogens is 2. The van der Waals surface area contributed by atoms with E-state index in [0.29, 0.717) is 39.4 Å². The van der Waals surface area contributed by atoms with Gasteiger partial charge in [0.1, 0.15) is 5.71 Å². The average Bonchev–Trinajstić information content (AvgIpc) is 3.59. The van der Waals surface area contributed by atoms with Gasteiger partial charge in [-0.3, -0.25) is 4.99 Å². The summed E-state index contributed by atoms with van der Waals surface area (Å²) >= 11 is 0. The molecule has 0 radical (unpaired) electrons. The van der Waals surface area contributed by atoms with Crippen LogP contribution in [0.4, 0.5) is 0 Å². The molecule has 7 aliphatic rings. The largest absolute Gasteiger partial charge is 0.420 e. The molecule has 238 valence electrons. The zero-order valence-electron chi connectivity index (χ0n) is 28.8. The fraction of sp³-hybridized carbons (Fsp3) is 0.725. The van der Waals surface area contributed by atoms with Gasteiger partial charge >= 0.3 is 0 Å². The minimum Gasteiger partial charge on any atom is -0.420 e. The van der Waals surface area contributed by atoms with Gasteiger partial charge in [-0.15, -0.1) is 10.2 Å². The number of hydrogen-bond donors (Lipinski definition) is 0. The van der Waals surface area contributed by atoms with Gasteiger partial charge in [-0.1, -0.05) is 78.7 Å². The smallest absolute Gasteiger partial charge is 0.261 e. The normalized spacial score (nSPS) is 44.0. The lowest BCUT2D eigenvalue weighted by atomic mass is 9.15. The van der Waals surface area contributed by atoms with Crippen LogP contribution in [-0.4, -0.2) is 15.9 Å². The lowest BCUT2D eigenvalue weighted by Crippen LogP contribution is -2.83. The predicted molar refractivity (Wildman–Crippen MR) is 180 cm³/mol. The van der Waals surface area contributed by atoms with Crippen LogP contribution in [0.2, 0.25) is 0 Å². The molecule has 8 rings (SSSR count). The maximum atomic E-state index is 6.39. The maximum absolute atomic E-state index is 6.39. The molecule has 8 unspecified atom stereocenters. The Labute approximate surface area is 267 Å². The summed E-state index contributed by atoms with van der Waals surface area (Å²) in [4.78, 5) is 4.49. The van der Waals surface area contributed by atoms with E-state index in [9.17, 15) is 0 Å². The van der Waals surface area contributed by atoms with Gasteiger partial charge in [0.25, 0.3) is 5.89 Å². The van der Waals surface area contributed by atoms with Crippen molar-refractivity contribution in [2.24, 2.45) is 55.7 Å². The molecule has 8 atom stereocenters. The van der Waals surface area contributed by atoms with Crippen LogP contribution >= 0.6 is 0 Å². The van der Waals surface area contributed by atoms with E-state index in [1.165, 1.54) is 64.2 Å². The van der Waals surface area contributed by atoms with E-state index in [0.717, 1.165) is 42.7 Å². The maximum Gasteiger partial charge on any atom is 0.261 e. The minimum absolute atomic E-state index is 0.0890. The molecule has 1 aromatic heterocycles. The third kappa shape index (κ3) is 3.61. The monoisotopic (exact) mass is 595 g/mol. The molecule has 0 aromatic carbocycles. The van der Waals surface area contributed by atoms with Crippen LogP contribution in [0.25, 0.3) is 0 Å². The summed E-state index contributed by atoms with van der Waals surface area (Å²) in [6.07, 6.45) is 25.1. The number of allylic oxidation sites excluding steroid dienone is 6. The summed E-state index contributed by atoms with van der Waals surface area (Å²) in [6, 6.07) is 0. The Morgan fingerprint density at radius 2 is 1.89 bits per heavy atom. The second kappa shape index (κ2) is 10.4. The summed E-state index contributed by atoms with van der Waals surface area (Å²) in [6.45, 7) is 21.2. The molecule has 1 heterocycles. The molecule has 44 heavy (non-hydrogen) atoms. The molecule has 4 nitrogen and oxygen atoms in total. The van der Waals surface area contributed by atoms with Crippen molar-refractivity contribution in [3.8, 4) is 0 Å². The minimum atomic E-state index is 0.0890. The lowest BCUT2D eigenvalue weighted by Gasteiger charge is -2.89. The van der Waals surface area contributed by atoms with E-state index >= 15 is 0 Å². The zero-order chi connectivity index (χ0) is 31.1. The molecule has 4 heteroatoms. The molecule has 1 aromatic rings. The lowest BCUT2D eigenvalue weighted by molar-refractivity contribution is -0.400. The van der Waals surface area contributed by atoms with Crippen LogP contribution in [0.1, 0.15) is 137 Å². The predicted octanol–water partition coefficient (Wildman–Crippen LogP) is 10.6. The van der Waals surface area contributed by atoms with Crippen molar-refractivity contribution < 1.29 is 4.42 Å². The van der Waals surface area contributed by atoms with E-state index in [4.69, 9.17) is 4.42 Å². The van der Waals surface area contributed by atoms with Gasteiger partial charge in [-0.2, -0.15) is 0 Å². The van der Waals surface area contributed by atoms with E-state index in [2.05, 4.69) is 69.4 Å². The molecule has 0 saturated heterocycles. The van der Waals surface area contributed by atoms with Crippen LogP contribution in [0.5, 0.6) is 0 Å². The first-order valence-corrected chi connectivity index (χ1v) is 18.1. The molecule has 7 aliphatic carbocycles. The Balaban J connectivity index is 1.31. The van der Waals surface area contributed by atoms with Gasteiger partial charge in [0, 0.05) is 18.0 Å². The highest BCUT2D eigenvalue weighted by atomic mass is 16.4. The third-order valence-corrected chi connectivity index (χ3v) is 15.3. The molecule has 6 saturated carbocycles. The van der Waals surface area contributed by atoms with Crippen LogP contribution in [0.3, 0.4) is 0 Å². The van der Waals surface area contributed by atoms with Crippen LogP contribution in [0.15, 0.2) is 57.1 Å². The van der Waals surface area contributed by atoms with Crippen molar-refractivity contribution in [3.05, 3.63) is 59.5 Å². The van der Waals surface area contributed by atoms with Crippen molar-refractivity contribution in [2.75, 3.05) is 0 Å². The Kier molecular flexibility index (Phi) is 7.19. The van der Waals surface area contributed by atoms with Gasteiger partial charge in [-0.25, -0.2) is 0 Å². The van der Waals surface area contributed by atoms with Crippen LogP contribution in [0, 0.1) is 50.7 Å². The number of aliphatic imine (C=N–C) groups is 1. The Bertz CT molecular complexity index is 1460. The van der Waals surface area contributed by atoms with Gasteiger partial charge < -0.3 is 4.42 Å². The van der Waals surface area contributed by atoms with E-state index in [-0.39, 0.29) is 5.41 Å². The third-order valence-electron chi connectivity index (χ3n) is 15.3. The number of fused-ring (bicyclic) bond motifs is 3. The quantitative estimate of drug-likeness (QED) is 0.233. The highest BCUT2D eigenvalue weighted by Crippen LogP contribution is 2.92. The number of nitrogens with zero attached hydrogens (tertiary/aromatic N) is 3. The first-order valence-electron chi connectivity index (χ1n) is 18.1. The fourth-order valence-electron chi connectivity index (χ4n) is 14.0. The van der Waals surface area contributed by atoms with Crippen molar-refractivity contribution in [1.82, 2.24) is 10.2 Å². The summed E-state index contributed by atoms with van der Waals surface area (Å²) in [5, 5.41) is 9.12. The number of hydrogen-bond acceptors (Lipinski definition) is 4. The Morgan fingerprint density at radius 3 is 2.64 bits per heavy atom. The zero-order valence-corrected chi connectivity index (χ0v) is 28.8. The summed E-state index contributed by atoms with van der Waals surface area (Å²) in [5.74, 6) is 4.28. The van der Waals surface area contributed by atoms with Crippen LogP contribution < -0.4 is 0 Å². The second-order valence-corrected chi connectivity index (χ2v) is 16.6. The molecule has 0 N–H and O–H groups in total. The highest BCUT2D eigenvalue weighted by Gasteiger charge is 2.85. The summed E-state index contributed by atoms with van der Waals surface area (Å²) < 4.78 is 6.39. The second-order valence-electron chi connectivity index (χ2n) is 16.6. The fourth-order valence-corrected chi connectivity index (χ4v) is 14.0. The molecule has 0 amide bonds. The standard InChI is InChI=1S/C40H57N3O/c1-9-11-23-41-27(5)35-43-42-32(44-35)25-38-21-22-39-28(6)40(36(7)18-13-12-15-30(36)16-19-37(39,40)8)20-17-31(39)34(38)33(26(3)4)29(24-38)14-10-2/h9,11,14,23,26,28,30-31H,1,10,12-13,15-22,24-25H2,2-8H3/b23-11-,29-14-,41-27?. The summed E-state index contributed by atoms with van der Waals surface area (Å²) in [5.41, 5.74) is 7.93. The topological polar surface area (TPSA) is 51.3 Å². The first kappa shape index (κ1) is 30.4. The highest BCUT2D eigenvalue weighted by molar-refractivity contribution is 5.94. The van der Waals surface area contributed by atoms with Gasteiger partial charge in [0.15, 0.2) is 0 Å². The van der Waals surface area contributed by atoms with Crippen LogP contribution in [-0.2, 0) is 6.42 Å². The van der Waals surface area contributed by atoms with Crippen molar-refractivity contribution >= 4 is 5.71 Å². The molecular formula is C40H57N3O. The SMILES string of the molecule is C=C/C=C\N=C(C)c1nnc(CC23CCC45C(CCC6(C4C)C4(C)CCCCC4CCC56C)C2=C(C(C)C)/C(=C\CC)C3)o1. The Hall–Kier alpha value is -2.23. The first-order chi connectivity index (χ1) is 21.0. The van der Waals surface area contributed by atoms with Gasteiger partial charge in [0.05, 0.1) is 0 Å². The molecule has 0 aliphatic heterocycles. The molecular weight excluding hydrogens is 538 g/mol. The van der Waals surface area contributed by atoms with Crippen molar-refractivity contribution in [3.63, 3.8) is 0 Å².